The minimum absolute atomic E-state index is 0.912. The molecule has 2 heteroatoms. The molecule has 3 aromatic rings. The van der Waals surface area contributed by atoms with Gasteiger partial charge in [0.15, 0.2) is 0 Å². The zero-order valence-electron chi connectivity index (χ0n) is 9.67. The van der Waals surface area contributed by atoms with E-state index in [9.17, 15) is 0 Å². The molecule has 0 aromatic heterocycles. The van der Waals surface area contributed by atoms with E-state index in [-0.39, 0.29) is 0 Å². The molecule has 0 fully saturated rings. The summed E-state index contributed by atoms with van der Waals surface area (Å²) in [5.41, 5.74) is 0. The summed E-state index contributed by atoms with van der Waals surface area (Å²) in [6.45, 7) is 0. The largest absolute Gasteiger partial charge is 0.0879 e. The maximum absolute atomic E-state index is 5.35. The lowest BCUT2D eigenvalue weighted by molar-refractivity contribution is 1.25. The second-order valence-electron chi connectivity index (χ2n) is 4.03. The van der Waals surface area contributed by atoms with Gasteiger partial charge in [0, 0.05) is 9.79 Å². The summed E-state index contributed by atoms with van der Waals surface area (Å²) in [5, 5.41) is 2.55. The van der Waals surface area contributed by atoms with Gasteiger partial charge in [-0.3, -0.25) is 0 Å². The summed E-state index contributed by atoms with van der Waals surface area (Å²) in [7, 11) is 0. The van der Waals surface area contributed by atoms with Crippen LogP contribution < -0.4 is 0 Å². The number of rotatable bonds is 2. The highest BCUT2D eigenvalue weighted by Crippen LogP contribution is 2.36. The van der Waals surface area contributed by atoms with Crippen LogP contribution in [0, 0.1) is 0 Å². The van der Waals surface area contributed by atoms with Crippen LogP contribution in [0.2, 0.25) is 0 Å². The van der Waals surface area contributed by atoms with Gasteiger partial charge in [-0.25, -0.2) is 0 Å². The molecule has 0 heterocycles. The Hall–Kier alpha value is -1.51. The van der Waals surface area contributed by atoms with Crippen molar-refractivity contribution in [3.05, 3.63) is 66.7 Å². The van der Waals surface area contributed by atoms with Crippen molar-refractivity contribution in [1.29, 1.82) is 0 Å². The average molecular weight is 267 g/mol. The van der Waals surface area contributed by atoms with Crippen molar-refractivity contribution in [3.8, 4) is 0 Å². The molecule has 0 atom stereocenters. The van der Waals surface area contributed by atoms with Crippen LogP contribution in [0.4, 0.5) is 0 Å². The highest BCUT2D eigenvalue weighted by atomic mass is 32.2. The Bertz CT molecular complexity index is 684. The Labute approximate surface area is 116 Å². The molecule has 0 nitrogen and oxygen atoms in total. The van der Waals surface area contributed by atoms with E-state index in [2.05, 4.69) is 48.5 Å². The number of hydrogen-bond donors (Lipinski definition) is 0. The highest BCUT2D eigenvalue weighted by molar-refractivity contribution is 8.00. The summed E-state index contributed by atoms with van der Waals surface area (Å²) in [6, 6.07) is 22.9. The van der Waals surface area contributed by atoms with Gasteiger partial charge >= 0.3 is 0 Å². The van der Waals surface area contributed by atoms with Gasteiger partial charge in [0.2, 0.25) is 0 Å². The van der Waals surface area contributed by atoms with Gasteiger partial charge in [-0.05, 0) is 29.0 Å². The molecule has 1 radical (unpaired) electrons. The monoisotopic (exact) mass is 267 g/mol. The molecule has 0 saturated heterocycles. The van der Waals surface area contributed by atoms with Gasteiger partial charge < -0.3 is 0 Å². The van der Waals surface area contributed by atoms with Crippen molar-refractivity contribution in [2.45, 2.75) is 14.7 Å². The van der Waals surface area contributed by atoms with E-state index in [4.69, 9.17) is 12.6 Å². The summed E-state index contributed by atoms with van der Waals surface area (Å²) in [6.07, 6.45) is 0. The Kier molecular flexibility index (Phi) is 3.22. The standard InChI is InChI=1S/C16H11S2/c17-14-9-3-4-10-16(14)18-15-11-5-7-12-6-1-2-8-13(12)15/h1-11H. The Morgan fingerprint density at radius 2 is 1.33 bits per heavy atom. The molecule has 0 aliphatic rings. The smallest absolute Gasteiger partial charge is 0.0516 e. The highest BCUT2D eigenvalue weighted by Gasteiger charge is 2.04. The zero-order chi connectivity index (χ0) is 12.4. The maximum atomic E-state index is 5.35. The topological polar surface area (TPSA) is 0 Å². The first-order chi connectivity index (χ1) is 8.84. The van der Waals surface area contributed by atoms with Crippen LogP contribution in [-0.2, 0) is 0 Å². The molecule has 0 bridgehead atoms. The summed E-state index contributed by atoms with van der Waals surface area (Å²) < 4.78 is 0. The Balaban J connectivity index is 2.08. The molecular weight excluding hydrogens is 256 g/mol. The second kappa shape index (κ2) is 5.01. The van der Waals surface area contributed by atoms with E-state index in [1.165, 1.54) is 15.7 Å². The lowest BCUT2D eigenvalue weighted by Gasteiger charge is -2.07. The van der Waals surface area contributed by atoms with E-state index in [1.54, 1.807) is 11.8 Å². The minimum Gasteiger partial charge on any atom is -0.0879 e. The first-order valence-corrected chi connectivity index (χ1v) is 6.99. The van der Waals surface area contributed by atoms with Crippen molar-refractivity contribution < 1.29 is 0 Å². The first-order valence-electron chi connectivity index (χ1n) is 5.76. The SMILES string of the molecule is [S]c1ccccc1Sc1cccc2ccccc12. The first kappa shape index (κ1) is 11.6. The number of hydrogen-bond acceptors (Lipinski definition) is 1. The van der Waals surface area contributed by atoms with Crippen molar-refractivity contribution >= 4 is 35.2 Å². The Morgan fingerprint density at radius 1 is 0.667 bits per heavy atom. The molecule has 18 heavy (non-hydrogen) atoms. The lowest BCUT2D eigenvalue weighted by atomic mass is 10.1. The van der Waals surface area contributed by atoms with E-state index < -0.39 is 0 Å². The van der Waals surface area contributed by atoms with Crippen LogP contribution in [0.15, 0.2) is 81.4 Å². The fraction of sp³-hybridized carbons (Fsp3) is 0. The fourth-order valence-corrected chi connectivity index (χ4v) is 3.20. The van der Waals surface area contributed by atoms with E-state index in [0.717, 1.165) is 9.79 Å². The molecule has 0 saturated carbocycles. The van der Waals surface area contributed by atoms with E-state index >= 15 is 0 Å². The predicted molar refractivity (Wildman–Crippen MR) is 80.4 cm³/mol. The fourth-order valence-electron chi connectivity index (χ4n) is 1.94. The third-order valence-electron chi connectivity index (χ3n) is 2.82. The van der Waals surface area contributed by atoms with Crippen molar-refractivity contribution in [3.63, 3.8) is 0 Å². The molecule has 0 amide bonds. The molecule has 0 unspecified atom stereocenters. The third kappa shape index (κ3) is 2.22. The van der Waals surface area contributed by atoms with Gasteiger partial charge in [0.25, 0.3) is 0 Å². The van der Waals surface area contributed by atoms with Crippen LogP contribution >= 0.6 is 24.4 Å². The van der Waals surface area contributed by atoms with Crippen LogP contribution in [-0.4, -0.2) is 0 Å². The predicted octanol–water partition coefficient (Wildman–Crippen LogP) is 5.55. The zero-order valence-corrected chi connectivity index (χ0v) is 11.3. The number of benzene rings is 3. The Morgan fingerprint density at radius 3 is 2.22 bits per heavy atom. The lowest BCUT2D eigenvalue weighted by Crippen LogP contribution is -1.79. The van der Waals surface area contributed by atoms with Gasteiger partial charge in [0.05, 0.1) is 4.90 Å². The average Bonchev–Trinajstić information content (AvgIpc) is 2.42. The quantitative estimate of drug-likeness (QED) is 0.587. The molecule has 0 N–H and O–H groups in total. The molecule has 87 valence electrons. The van der Waals surface area contributed by atoms with Crippen molar-refractivity contribution in [1.82, 2.24) is 0 Å². The third-order valence-corrected chi connectivity index (χ3v) is 4.46. The molecule has 0 aliphatic carbocycles. The molecule has 3 rings (SSSR count). The van der Waals surface area contributed by atoms with E-state index in [1.807, 2.05) is 18.2 Å². The normalized spacial score (nSPS) is 10.7. The number of fused-ring (bicyclic) bond motifs is 1. The molecule has 3 aromatic carbocycles. The molecule has 0 spiro atoms. The minimum atomic E-state index is 0.912. The van der Waals surface area contributed by atoms with Crippen molar-refractivity contribution in [2.75, 3.05) is 0 Å². The van der Waals surface area contributed by atoms with Gasteiger partial charge in [-0.15, -0.1) is 0 Å². The van der Waals surface area contributed by atoms with Crippen LogP contribution in [0.1, 0.15) is 0 Å². The van der Waals surface area contributed by atoms with Gasteiger partial charge in [-0.2, -0.15) is 0 Å². The second-order valence-corrected chi connectivity index (χ2v) is 5.55. The summed E-state index contributed by atoms with van der Waals surface area (Å²) >= 11 is 7.09. The molecular formula is C16H11S2. The van der Waals surface area contributed by atoms with Crippen molar-refractivity contribution in [2.24, 2.45) is 0 Å². The maximum Gasteiger partial charge on any atom is 0.0516 e. The van der Waals surface area contributed by atoms with E-state index in [0.29, 0.717) is 0 Å². The van der Waals surface area contributed by atoms with Crippen LogP contribution in [0.3, 0.4) is 0 Å². The van der Waals surface area contributed by atoms with Crippen LogP contribution in [0.25, 0.3) is 10.8 Å². The summed E-state index contributed by atoms with van der Waals surface area (Å²) in [4.78, 5) is 3.31. The summed E-state index contributed by atoms with van der Waals surface area (Å²) in [5.74, 6) is 0. The van der Waals surface area contributed by atoms with Crippen LogP contribution in [0.5, 0.6) is 0 Å². The van der Waals surface area contributed by atoms with Gasteiger partial charge in [0.1, 0.15) is 0 Å². The molecule has 0 aliphatic heterocycles. The van der Waals surface area contributed by atoms with Gasteiger partial charge in [-0.1, -0.05) is 72.9 Å².